The fourth-order valence-electron chi connectivity index (χ4n) is 4.20. The molecule has 6 heteroatoms. The molecule has 0 aromatic heterocycles. The molecule has 1 amide bonds. The number of likely N-dealkylation sites (tertiary alicyclic amines) is 1. The zero-order valence-corrected chi connectivity index (χ0v) is 17.9. The largest absolute Gasteiger partial charge is 0.497 e. The molecule has 0 bridgehead atoms. The highest BCUT2D eigenvalue weighted by Crippen LogP contribution is 2.31. The van der Waals surface area contributed by atoms with E-state index in [9.17, 15) is 9.59 Å². The monoisotopic (exact) mass is 411 g/mol. The van der Waals surface area contributed by atoms with Crippen LogP contribution < -0.4 is 19.7 Å². The quantitative estimate of drug-likeness (QED) is 0.660. The summed E-state index contributed by atoms with van der Waals surface area (Å²) in [5.74, 6) is 1.40. The van der Waals surface area contributed by atoms with E-state index in [-0.39, 0.29) is 17.7 Å². The summed E-state index contributed by atoms with van der Waals surface area (Å²) in [5, 5.41) is 2.95. The van der Waals surface area contributed by atoms with Crippen LogP contribution in [0, 0.1) is 0 Å². The van der Waals surface area contributed by atoms with Gasteiger partial charge in [0.05, 0.1) is 32.4 Å². The second-order valence-electron chi connectivity index (χ2n) is 7.81. The van der Waals surface area contributed by atoms with Crippen LogP contribution in [0.2, 0.25) is 0 Å². The third-order valence-corrected chi connectivity index (χ3v) is 5.80. The highest BCUT2D eigenvalue weighted by molar-refractivity contribution is 5.88. The molecular weight excluding hydrogens is 380 g/mol. The summed E-state index contributed by atoms with van der Waals surface area (Å²) < 4.78 is 10.9. The molecule has 1 aliphatic heterocycles. The van der Waals surface area contributed by atoms with Gasteiger partial charge in [-0.1, -0.05) is 30.3 Å². The number of Topliss-reactive ketones (excluding diaryl/α,β-unsaturated/α-hetero) is 1. The molecule has 6 nitrogen and oxygen atoms in total. The van der Waals surface area contributed by atoms with Crippen molar-refractivity contribution >= 4 is 11.7 Å². The number of ether oxygens (including phenoxy) is 2. The van der Waals surface area contributed by atoms with E-state index in [1.54, 1.807) is 14.2 Å². The molecule has 3 rings (SSSR count). The molecule has 1 heterocycles. The number of hydrogen-bond acceptors (Lipinski definition) is 4. The first-order valence-corrected chi connectivity index (χ1v) is 10.4. The molecule has 0 aliphatic carbocycles. The van der Waals surface area contributed by atoms with Gasteiger partial charge in [0.25, 0.3) is 5.91 Å². The molecule has 160 valence electrons. The lowest BCUT2D eigenvalue weighted by atomic mass is 10.0. The summed E-state index contributed by atoms with van der Waals surface area (Å²) in [5.41, 5.74) is 2.12. The second-order valence-corrected chi connectivity index (χ2v) is 7.81. The number of nitrogens with one attached hydrogen (secondary N) is 2. The van der Waals surface area contributed by atoms with Crippen LogP contribution in [0.5, 0.6) is 11.5 Å². The molecule has 30 heavy (non-hydrogen) atoms. The molecule has 2 N–H and O–H groups in total. The molecule has 2 aromatic carbocycles. The van der Waals surface area contributed by atoms with Crippen LogP contribution in [0.3, 0.4) is 0 Å². The maximum Gasteiger partial charge on any atom is 0.275 e. The van der Waals surface area contributed by atoms with Crippen molar-refractivity contribution in [2.45, 2.75) is 38.3 Å². The van der Waals surface area contributed by atoms with Crippen molar-refractivity contribution in [3.63, 3.8) is 0 Å². The number of carbonyl (C=O) groups is 2. The highest BCUT2D eigenvalue weighted by atomic mass is 16.5. The average molecular weight is 412 g/mol. The Bertz CT molecular complexity index is 869. The van der Waals surface area contributed by atoms with Gasteiger partial charge in [-0.15, -0.1) is 0 Å². The maximum atomic E-state index is 12.8. The van der Waals surface area contributed by atoms with Crippen LogP contribution in [-0.2, 0) is 16.0 Å². The van der Waals surface area contributed by atoms with Crippen molar-refractivity contribution in [2.75, 3.05) is 27.3 Å². The minimum Gasteiger partial charge on any atom is -0.497 e. The van der Waals surface area contributed by atoms with Crippen molar-refractivity contribution < 1.29 is 24.0 Å². The fraction of sp³-hybridized carbons (Fsp3) is 0.417. The van der Waals surface area contributed by atoms with Crippen molar-refractivity contribution in [1.29, 1.82) is 0 Å². The van der Waals surface area contributed by atoms with E-state index in [1.165, 1.54) is 11.8 Å². The standard InChI is InChI=1S/C24H30N2O4/c1-17(27)21(14-18-8-5-4-6-9-18)25-24(28)16-26-13-7-10-22(26)20-12-11-19(29-2)15-23(20)30-3/h4-6,8-9,11-12,15,21-22H,7,10,13-14,16H2,1-3H3,(H,25,28)/p+1/t21-,22+/m0/s1. The number of benzene rings is 2. The predicted octanol–water partition coefficient (Wildman–Crippen LogP) is 1.74. The summed E-state index contributed by atoms with van der Waals surface area (Å²) in [6.07, 6.45) is 2.54. The lowest BCUT2D eigenvalue weighted by Gasteiger charge is -2.24. The zero-order chi connectivity index (χ0) is 21.5. The third-order valence-electron chi connectivity index (χ3n) is 5.80. The molecule has 2 aromatic rings. The van der Waals surface area contributed by atoms with Gasteiger partial charge in [0.15, 0.2) is 12.3 Å². The number of carbonyl (C=O) groups excluding carboxylic acids is 2. The van der Waals surface area contributed by atoms with Gasteiger partial charge in [-0.25, -0.2) is 0 Å². The SMILES string of the molecule is COc1ccc([C@H]2CCC[NH+]2CC(=O)N[C@@H](Cc2ccccc2)C(C)=O)c(OC)c1. The molecule has 1 unspecified atom stereocenters. The fourth-order valence-corrected chi connectivity index (χ4v) is 4.20. The Hall–Kier alpha value is -2.86. The van der Waals surface area contributed by atoms with Crippen LogP contribution >= 0.6 is 0 Å². The summed E-state index contributed by atoms with van der Waals surface area (Å²) in [6, 6.07) is 15.3. The van der Waals surface area contributed by atoms with Crippen molar-refractivity contribution in [1.82, 2.24) is 5.32 Å². The summed E-state index contributed by atoms with van der Waals surface area (Å²) in [4.78, 5) is 26.1. The summed E-state index contributed by atoms with van der Waals surface area (Å²) in [6.45, 7) is 2.77. The normalized spacial score (nSPS) is 19.2. The number of ketones is 1. The smallest absolute Gasteiger partial charge is 0.275 e. The van der Waals surface area contributed by atoms with Gasteiger partial charge in [0.1, 0.15) is 17.5 Å². The first-order valence-electron chi connectivity index (χ1n) is 10.4. The van der Waals surface area contributed by atoms with Crippen LogP contribution in [0.1, 0.15) is 36.9 Å². The molecule has 1 saturated heterocycles. The summed E-state index contributed by atoms with van der Waals surface area (Å²) in [7, 11) is 3.29. The van der Waals surface area contributed by atoms with Crippen LogP contribution in [0.25, 0.3) is 0 Å². The average Bonchev–Trinajstić information content (AvgIpc) is 3.21. The summed E-state index contributed by atoms with van der Waals surface area (Å²) >= 11 is 0. The predicted molar refractivity (Wildman–Crippen MR) is 115 cm³/mol. The molecule has 1 aliphatic rings. The van der Waals surface area contributed by atoms with Gasteiger partial charge in [-0.3, -0.25) is 9.59 Å². The van der Waals surface area contributed by atoms with Crippen LogP contribution in [0.15, 0.2) is 48.5 Å². The number of quaternary nitrogens is 1. The Morgan fingerprint density at radius 2 is 1.90 bits per heavy atom. The van der Waals surface area contributed by atoms with E-state index >= 15 is 0 Å². The van der Waals surface area contributed by atoms with Gasteiger partial charge in [-0.05, 0) is 31.0 Å². The number of hydrogen-bond donors (Lipinski definition) is 2. The highest BCUT2D eigenvalue weighted by Gasteiger charge is 2.34. The lowest BCUT2D eigenvalue weighted by Crippen LogP contribution is -3.11. The Morgan fingerprint density at radius 1 is 1.13 bits per heavy atom. The van der Waals surface area contributed by atoms with Gasteiger partial charge in [0, 0.05) is 18.9 Å². The van der Waals surface area contributed by atoms with Crippen LogP contribution in [-0.4, -0.2) is 45.0 Å². The Balaban J connectivity index is 1.67. The second kappa shape index (κ2) is 10.3. The molecule has 0 radical (unpaired) electrons. The zero-order valence-electron chi connectivity index (χ0n) is 17.9. The topological polar surface area (TPSA) is 69.1 Å². The van der Waals surface area contributed by atoms with Gasteiger partial charge < -0.3 is 19.7 Å². The van der Waals surface area contributed by atoms with E-state index in [2.05, 4.69) is 5.32 Å². The van der Waals surface area contributed by atoms with E-state index < -0.39 is 6.04 Å². The Labute approximate surface area is 178 Å². The van der Waals surface area contributed by atoms with E-state index in [1.807, 2.05) is 48.5 Å². The van der Waals surface area contributed by atoms with Crippen molar-refractivity contribution in [3.05, 3.63) is 59.7 Å². The van der Waals surface area contributed by atoms with Gasteiger partial charge in [-0.2, -0.15) is 0 Å². The van der Waals surface area contributed by atoms with Gasteiger partial charge >= 0.3 is 0 Å². The van der Waals surface area contributed by atoms with Gasteiger partial charge in [0.2, 0.25) is 0 Å². The maximum absolute atomic E-state index is 12.8. The lowest BCUT2D eigenvalue weighted by molar-refractivity contribution is -0.910. The van der Waals surface area contributed by atoms with Crippen molar-refractivity contribution in [3.8, 4) is 11.5 Å². The molecule has 1 fully saturated rings. The Morgan fingerprint density at radius 3 is 2.57 bits per heavy atom. The number of rotatable bonds is 9. The van der Waals surface area contributed by atoms with E-state index in [0.717, 1.165) is 42.0 Å². The Kier molecular flexibility index (Phi) is 7.46. The molecular formula is C24H31N2O4+. The van der Waals surface area contributed by atoms with Crippen molar-refractivity contribution in [2.24, 2.45) is 0 Å². The minimum absolute atomic E-state index is 0.0306. The first-order chi connectivity index (χ1) is 14.5. The van der Waals surface area contributed by atoms with E-state index in [0.29, 0.717) is 13.0 Å². The van der Waals surface area contributed by atoms with Crippen LogP contribution in [0.4, 0.5) is 0 Å². The first kappa shape index (κ1) is 21.8. The third kappa shape index (κ3) is 5.39. The number of amides is 1. The molecule has 0 spiro atoms. The molecule has 0 saturated carbocycles. The minimum atomic E-state index is -0.504. The number of methoxy groups -OCH3 is 2. The molecule has 3 atom stereocenters. The van der Waals surface area contributed by atoms with E-state index in [4.69, 9.17) is 9.47 Å².